The van der Waals surface area contributed by atoms with Crippen molar-refractivity contribution in [1.82, 2.24) is 0 Å². The number of allylic oxidation sites excluding steroid dienone is 2. The molecule has 0 spiro atoms. The summed E-state index contributed by atoms with van der Waals surface area (Å²) in [5.41, 5.74) is 4.54. The topological polar surface area (TPSA) is 0 Å². The molecule has 0 N–H and O–H groups in total. The van der Waals surface area contributed by atoms with Gasteiger partial charge in [-0.1, -0.05) is 60.7 Å². The minimum Gasteiger partial charge on any atom is -0.125 e. The summed E-state index contributed by atoms with van der Waals surface area (Å²) >= 11 is 0. The maximum absolute atomic E-state index is 3.75. The normalized spacial score (nSPS) is 11.0. The predicted octanol–water partition coefficient (Wildman–Crippen LogP) is 6.72. The van der Waals surface area contributed by atoms with E-state index in [1.54, 1.807) is 0 Å². The third-order valence-corrected chi connectivity index (χ3v) is 4.43. The molecular formula is C23H18. The first-order valence-corrected chi connectivity index (χ1v) is 8.07. The quantitative estimate of drug-likeness (QED) is 0.170. The van der Waals surface area contributed by atoms with Crippen LogP contribution in [0.1, 0.15) is 18.4 Å². The number of rotatable bonds is 4. The Bertz CT molecular complexity index is 1040. The van der Waals surface area contributed by atoms with Crippen molar-refractivity contribution in [3.8, 4) is 0 Å². The van der Waals surface area contributed by atoms with Gasteiger partial charge in [-0.2, -0.15) is 0 Å². The third-order valence-electron chi connectivity index (χ3n) is 4.43. The van der Waals surface area contributed by atoms with Crippen molar-refractivity contribution >= 4 is 38.4 Å². The molecule has 0 aliphatic heterocycles. The molecule has 0 aliphatic carbocycles. The summed E-state index contributed by atoms with van der Waals surface area (Å²) in [6, 6.07) is 19.8. The lowest BCUT2D eigenvalue weighted by molar-refractivity contribution is 1.06. The molecule has 0 bridgehead atoms. The highest BCUT2D eigenvalue weighted by Gasteiger charge is 2.09. The van der Waals surface area contributed by atoms with Crippen LogP contribution in [0, 0.1) is 0 Å². The molecule has 4 aromatic rings. The summed E-state index contributed by atoms with van der Waals surface area (Å²) in [5.74, 6) is 0. The van der Waals surface area contributed by atoms with E-state index in [-0.39, 0.29) is 0 Å². The van der Waals surface area contributed by atoms with Gasteiger partial charge in [-0.05, 0) is 62.9 Å². The van der Waals surface area contributed by atoms with E-state index in [1.165, 1.54) is 37.9 Å². The highest BCUT2D eigenvalue weighted by atomic mass is 14.1. The van der Waals surface area contributed by atoms with Gasteiger partial charge in [0.2, 0.25) is 0 Å². The molecule has 0 atom stereocenters. The van der Waals surface area contributed by atoms with Crippen LogP contribution in [0.25, 0.3) is 38.4 Å². The SMILES string of the molecule is C=CCCC=C=Cc1ccc2ccc3cccc4ccc1c2c34. The van der Waals surface area contributed by atoms with Crippen LogP contribution in [-0.2, 0) is 0 Å². The lowest BCUT2D eigenvalue weighted by Gasteiger charge is -2.11. The Morgan fingerprint density at radius 3 is 2.26 bits per heavy atom. The minimum atomic E-state index is 0.992. The minimum absolute atomic E-state index is 0.992. The van der Waals surface area contributed by atoms with Gasteiger partial charge >= 0.3 is 0 Å². The standard InChI is InChI=1S/C23H18/c1-2-3-4-5-6-8-17-11-12-20-14-13-18-9-7-10-19-15-16-21(17)23(20)22(18)19/h2,5,7-16H,1,3-4H2. The molecule has 0 fully saturated rings. The van der Waals surface area contributed by atoms with Crippen molar-refractivity contribution in [3.63, 3.8) is 0 Å². The van der Waals surface area contributed by atoms with E-state index in [0.29, 0.717) is 0 Å². The fourth-order valence-corrected chi connectivity index (χ4v) is 3.32. The van der Waals surface area contributed by atoms with Crippen molar-refractivity contribution < 1.29 is 0 Å². The molecule has 0 unspecified atom stereocenters. The molecule has 0 aliphatic rings. The van der Waals surface area contributed by atoms with Crippen molar-refractivity contribution in [1.29, 1.82) is 0 Å². The summed E-state index contributed by atoms with van der Waals surface area (Å²) in [7, 11) is 0. The Hall–Kier alpha value is -2.82. The average Bonchev–Trinajstić information content (AvgIpc) is 2.60. The number of hydrogen-bond donors (Lipinski definition) is 0. The number of unbranched alkanes of at least 4 members (excludes halogenated alkanes) is 1. The third kappa shape index (κ3) is 2.34. The molecule has 0 heteroatoms. The molecule has 0 saturated heterocycles. The van der Waals surface area contributed by atoms with Crippen molar-refractivity contribution in [2.24, 2.45) is 0 Å². The van der Waals surface area contributed by atoms with Crippen LogP contribution in [0.5, 0.6) is 0 Å². The molecule has 0 saturated carbocycles. The zero-order valence-electron chi connectivity index (χ0n) is 13.0. The second-order valence-electron chi connectivity index (χ2n) is 5.89. The van der Waals surface area contributed by atoms with Gasteiger partial charge in [0.15, 0.2) is 0 Å². The Morgan fingerprint density at radius 1 is 0.783 bits per heavy atom. The van der Waals surface area contributed by atoms with Crippen LogP contribution in [0.4, 0.5) is 0 Å². The first-order valence-electron chi connectivity index (χ1n) is 8.07. The summed E-state index contributed by atoms with van der Waals surface area (Å²) in [4.78, 5) is 0. The number of hydrogen-bond acceptors (Lipinski definition) is 0. The van der Waals surface area contributed by atoms with Gasteiger partial charge in [-0.25, -0.2) is 0 Å². The second kappa shape index (κ2) is 5.76. The van der Waals surface area contributed by atoms with E-state index in [1.807, 2.05) is 6.08 Å². The molecule has 0 amide bonds. The Kier molecular flexibility index (Phi) is 3.46. The van der Waals surface area contributed by atoms with Gasteiger partial charge in [-0.3, -0.25) is 0 Å². The van der Waals surface area contributed by atoms with Crippen molar-refractivity contribution in [2.75, 3.05) is 0 Å². The molecule has 110 valence electrons. The summed E-state index contributed by atoms with van der Waals surface area (Å²) in [6.07, 6.45) is 8.11. The van der Waals surface area contributed by atoms with Gasteiger partial charge in [0.1, 0.15) is 0 Å². The zero-order chi connectivity index (χ0) is 15.6. The molecule has 23 heavy (non-hydrogen) atoms. The lowest BCUT2D eigenvalue weighted by Crippen LogP contribution is -1.85. The van der Waals surface area contributed by atoms with Gasteiger partial charge in [0.05, 0.1) is 0 Å². The Morgan fingerprint density at radius 2 is 1.48 bits per heavy atom. The maximum atomic E-state index is 3.75. The monoisotopic (exact) mass is 294 g/mol. The van der Waals surface area contributed by atoms with E-state index in [2.05, 4.69) is 79.1 Å². The van der Waals surface area contributed by atoms with Crippen LogP contribution in [0.2, 0.25) is 0 Å². The van der Waals surface area contributed by atoms with Gasteiger partial charge in [0.25, 0.3) is 0 Å². The smallest absolute Gasteiger partial charge is 0.00206 e. The van der Waals surface area contributed by atoms with Crippen LogP contribution in [-0.4, -0.2) is 0 Å². The zero-order valence-corrected chi connectivity index (χ0v) is 13.0. The van der Waals surface area contributed by atoms with E-state index in [4.69, 9.17) is 0 Å². The van der Waals surface area contributed by atoms with E-state index < -0.39 is 0 Å². The van der Waals surface area contributed by atoms with Crippen molar-refractivity contribution in [3.05, 3.63) is 84.6 Å². The molecule has 4 aromatic carbocycles. The van der Waals surface area contributed by atoms with E-state index in [9.17, 15) is 0 Å². The summed E-state index contributed by atoms with van der Waals surface area (Å²) in [6.45, 7) is 3.75. The van der Waals surface area contributed by atoms with Gasteiger partial charge in [0, 0.05) is 0 Å². The highest BCUT2D eigenvalue weighted by Crippen LogP contribution is 2.36. The molecule has 0 radical (unpaired) electrons. The van der Waals surface area contributed by atoms with Crippen LogP contribution in [0.15, 0.2) is 79.1 Å². The van der Waals surface area contributed by atoms with E-state index >= 15 is 0 Å². The highest BCUT2D eigenvalue weighted by molar-refractivity contribution is 6.24. The van der Waals surface area contributed by atoms with Crippen LogP contribution in [0.3, 0.4) is 0 Å². The number of benzene rings is 4. The maximum Gasteiger partial charge on any atom is -0.00206 e. The van der Waals surface area contributed by atoms with Crippen LogP contribution >= 0.6 is 0 Å². The van der Waals surface area contributed by atoms with Gasteiger partial charge in [-0.15, -0.1) is 12.3 Å². The summed E-state index contributed by atoms with van der Waals surface area (Å²) in [5, 5.41) is 7.95. The fraction of sp³-hybridized carbons (Fsp3) is 0.0870. The first-order chi connectivity index (χ1) is 11.4. The average molecular weight is 294 g/mol. The molecule has 0 heterocycles. The van der Waals surface area contributed by atoms with Crippen LogP contribution < -0.4 is 0 Å². The molecular weight excluding hydrogens is 276 g/mol. The Labute approximate surface area is 136 Å². The van der Waals surface area contributed by atoms with Gasteiger partial charge < -0.3 is 0 Å². The second-order valence-corrected chi connectivity index (χ2v) is 5.89. The molecule has 0 aromatic heterocycles. The first kappa shape index (κ1) is 13.8. The van der Waals surface area contributed by atoms with E-state index in [0.717, 1.165) is 12.8 Å². The summed E-state index contributed by atoms with van der Waals surface area (Å²) < 4.78 is 0. The lowest BCUT2D eigenvalue weighted by atomic mass is 9.92. The predicted molar refractivity (Wildman–Crippen MR) is 102 cm³/mol. The van der Waals surface area contributed by atoms with Crippen molar-refractivity contribution in [2.45, 2.75) is 12.8 Å². The molecule has 4 rings (SSSR count). The fourth-order valence-electron chi connectivity index (χ4n) is 3.32. The Balaban J connectivity index is 1.96. The largest absolute Gasteiger partial charge is 0.125 e. The molecule has 0 nitrogen and oxygen atoms in total.